The molecule has 1 aliphatic rings. The zero-order chi connectivity index (χ0) is 13.9. The third kappa shape index (κ3) is 3.09. The zero-order valence-corrected chi connectivity index (χ0v) is 11.0. The Kier molecular flexibility index (Phi) is 4.13. The number of ether oxygens (including phenoxy) is 1. The number of aromatic nitrogens is 1. The predicted molar refractivity (Wildman–Crippen MR) is 65.4 cm³/mol. The number of rotatable bonds is 3. The molecule has 19 heavy (non-hydrogen) atoms. The third-order valence-electron chi connectivity index (χ3n) is 2.77. The monoisotopic (exact) mass is 286 g/mol. The highest BCUT2D eigenvalue weighted by atomic mass is 32.2. The SMILES string of the molecule is O=C(O)c1ccc(S(=O)(=O)N2CCCOCC2)nc1. The van der Waals surface area contributed by atoms with Crippen molar-refractivity contribution in [1.82, 2.24) is 9.29 Å². The van der Waals surface area contributed by atoms with Crippen LogP contribution in [0.1, 0.15) is 16.8 Å². The van der Waals surface area contributed by atoms with Crippen molar-refractivity contribution in [1.29, 1.82) is 0 Å². The number of pyridine rings is 1. The summed E-state index contributed by atoms with van der Waals surface area (Å²) in [4.78, 5) is 14.4. The predicted octanol–water partition coefficient (Wildman–Crippen LogP) is 0.191. The summed E-state index contributed by atoms with van der Waals surface area (Å²) in [6.45, 7) is 1.55. The van der Waals surface area contributed by atoms with E-state index in [1.54, 1.807) is 0 Å². The number of nitrogens with zero attached hydrogens (tertiary/aromatic N) is 2. The first kappa shape index (κ1) is 13.9. The maximum atomic E-state index is 12.3. The first-order valence-electron chi connectivity index (χ1n) is 5.79. The van der Waals surface area contributed by atoms with Crippen LogP contribution >= 0.6 is 0 Å². The molecule has 0 saturated carbocycles. The first-order chi connectivity index (χ1) is 9.01. The molecule has 0 aromatic carbocycles. The molecule has 0 unspecified atom stereocenters. The molecule has 8 heteroatoms. The molecule has 1 aromatic rings. The third-order valence-corrected chi connectivity index (χ3v) is 4.58. The van der Waals surface area contributed by atoms with Gasteiger partial charge in [0.25, 0.3) is 10.0 Å². The summed E-state index contributed by atoms with van der Waals surface area (Å²) in [6.07, 6.45) is 1.68. The van der Waals surface area contributed by atoms with E-state index in [1.807, 2.05) is 0 Å². The highest BCUT2D eigenvalue weighted by Gasteiger charge is 2.26. The molecule has 0 amide bonds. The quantitative estimate of drug-likeness (QED) is 0.852. The Morgan fingerprint density at radius 3 is 2.74 bits per heavy atom. The molecule has 2 rings (SSSR count). The molecule has 7 nitrogen and oxygen atoms in total. The minimum atomic E-state index is -3.68. The maximum absolute atomic E-state index is 12.3. The molecule has 0 bridgehead atoms. The van der Waals surface area contributed by atoms with E-state index in [9.17, 15) is 13.2 Å². The second kappa shape index (κ2) is 5.64. The molecule has 0 radical (unpaired) electrons. The number of carbonyl (C=O) groups is 1. The van der Waals surface area contributed by atoms with E-state index in [2.05, 4.69) is 4.98 Å². The molecule has 0 spiro atoms. The minimum Gasteiger partial charge on any atom is -0.478 e. The number of hydrogen-bond acceptors (Lipinski definition) is 5. The van der Waals surface area contributed by atoms with Gasteiger partial charge in [0.05, 0.1) is 12.2 Å². The Balaban J connectivity index is 2.25. The number of hydrogen-bond donors (Lipinski definition) is 1. The van der Waals surface area contributed by atoms with E-state index in [4.69, 9.17) is 9.84 Å². The number of aromatic carboxylic acids is 1. The van der Waals surface area contributed by atoms with E-state index >= 15 is 0 Å². The van der Waals surface area contributed by atoms with Gasteiger partial charge in [0.15, 0.2) is 5.03 Å². The van der Waals surface area contributed by atoms with Gasteiger partial charge in [-0.1, -0.05) is 0 Å². The molecule has 1 saturated heterocycles. The molecule has 0 atom stereocenters. The lowest BCUT2D eigenvalue weighted by Gasteiger charge is -2.18. The van der Waals surface area contributed by atoms with Crippen LogP contribution in [0.25, 0.3) is 0 Å². The molecule has 0 aliphatic carbocycles. The second-order valence-corrected chi connectivity index (χ2v) is 5.95. The van der Waals surface area contributed by atoms with Crippen LogP contribution in [0, 0.1) is 0 Å². The summed E-state index contributed by atoms with van der Waals surface area (Å²) >= 11 is 0. The van der Waals surface area contributed by atoms with E-state index in [1.165, 1.54) is 16.4 Å². The van der Waals surface area contributed by atoms with E-state index in [0.29, 0.717) is 26.2 Å². The highest BCUT2D eigenvalue weighted by Crippen LogP contribution is 2.15. The fraction of sp³-hybridized carbons (Fsp3) is 0.455. The van der Waals surface area contributed by atoms with E-state index in [-0.39, 0.29) is 17.1 Å². The van der Waals surface area contributed by atoms with Crippen LogP contribution in [0.15, 0.2) is 23.4 Å². The summed E-state index contributed by atoms with van der Waals surface area (Å²) in [6, 6.07) is 2.45. The molecule has 2 heterocycles. The van der Waals surface area contributed by atoms with Gasteiger partial charge >= 0.3 is 5.97 Å². The number of carboxylic acids is 1. The Morgan fingerprint density at radius 2 is 2.11 bits per heavy atom. The summed E-state index contributed by atoms with van der Waals surface area (Å²) in [5, 5.41) is 8.61. The molecule has 1 aromatic heterocycles. The van der Waals surface area contributed by atoms with Crippen LogP contribution in [0.2, 0.25) is 0 Å². The van der Waals surface area contributed by atoms with Gasteiger partial charge in [-0.3, -0.25) is 0 Å². The van der Waals surface area contributed by atoms with Crippen molar-refractivity contribution in [2.45, 2.75) is 11.4 Å². The summed E-state index contributed by atoms with van der Waals surface area (Å²) < 4.78 is 31.1. The standard InChI is InChI=1S/C11H14N2O5S/c14-11(15)9-2-3-10(12-8-9)19(16,17)13-4-1-6-18-7-5-13/h2-3,8H,1,4-7H2,(H,14,15). The van der Waals surface area contributed by atoms with Crippen LogP contribution in [0.5, 0.6) is 0 Å². The van der Waals surface area contributed by atoms with Gasteiger partial charge in [-0.2, -0.15) is 4.31 Å². The molecule has 1 fully saturated rings. The lowest BCUT2D eigenvalue weighted by molar-refractivity contribution is 0.0696. The van der Waals surface area contributed by atoms with Crippen LogP contribution in [-0.2, 0) is 14.8 Å². The lowest BCUT2D eigenvalue weighted by atomic mass is 10.3. The summed E-state index contributed by atoms with van der Waals surface area (Å²) in [7, 11) is -3.68. The van der Waals surface area contributed by atoms with Gasteiger partial charge in [0.2, 0.25) is 0 Å². The van der Waals surface area contributed by atoms with Crippen molar-refractivity contribution in [3.63, 3.8) is 0 Å². The van der Waals surface area contributed by atoms with Gasteiger partial charge in [-0.05, 0) is 18.6 Å². The number of sulfonamides is 1. The first-order valence-corrected chi connectivity index (χ1v) is 7.23. The fourth-order valence-corrected chi connectivity index (χ4v) is 3.13. The van der Waals surface area contributed by atoms with Crippen molar-refractivity contribution in [2.75, 3.05) is 26.3 Å². The van der Waals surface area contributed by atoms with Gasteiger partial charge < -0.3 is 9.84 Å². The average Bonchev–Trinajstić information content (AvgIpc) is 2.68. The average molecular weight is 286 g/mol. The highest BCUT2D eigenvalue weighted by molar-refractivity contribution is 7.89. The van der Waals surface area contributed by atoms with Gasteiger partial charge in [-0.15, -0.1) is 0 Å². The Labute approximate surface area is 110 Å². The smallest absolute Gasteiger partial charge is 0.337 e. The van der Waals surface area contributed by atoms with Crippen LogP contribution in [-0.4, -0.2) is 55.1 Å². The fourth-order valence-electron chi connectivity index (χ4n) is 1.76. The van der Waals surface area contributed by atoms with Crippen LogP contribution < -0.4 is 0 Å². The molecule has 1 aliphatic heterocycles. The van der Waals surface area contributed by atoms with Crippen molar-refractivity contribution >= 4 is 16.0 Å². The van der Waals surface area contributed by atoms with Gasteiger partial charge in [0.1, 0.15) is 0 Å². The minimum absolute atomic E-state index is 0.0434. The van der Waals surface area contributed by atoms with Crippen molar-refractivity contribution in [3.8, 4) is 0 Å². The topological polar surface area (TPSA) is 96.8 Å². The zero-order valence-electron chi connectivity index (χ0n) is 10.2. The van der Waals surface area contributed by atoms with Crippen LogP contribution in [0.4, 0.5) is 0 Å². The largest absolute Gasteiger partial charge is 0.478 e. The van der Waals surface area contributed by atoms with E-state index < -0.39 is 16.0 Å². The molecular formula is C11H14N2O5S. The van der Waals surface area contributed by atoms with Crippen molar-refractivity contribution < 1.29 is 23.1 Å². The Morgan fingerprint density at radius 1 is 1.32 bits per heavy atom. The van der Waals surface area contributed by atoms with Crippen LogP contribution in [0.3, 0.4) is 0 Å². The molecular weight excluding hydrogens is 272 g/mol. The summed E-state index contributed by atoms with van der Waals surface area (Å²) in [5.74, 6) is -1.14. The van der Waals surface area contributed by atoms with Gasteiger partial charge in [0, 0.05) is 25.9 Å². The Bertz CT molecular complexity index is 547. The lowest BCUT2D eigenvalue weighted by Crippen LogP contribution is -2.33. The second-order valence-electron chi connectivity index (χ2n) is 4.06. The van der Waals surface area contributed by atoms with Crippen molar-refractivity contribution in [3.05, 3.63) is 23.9 Å². The molecule has 104 valence electrons. The molecule has 1 N–H and O–H groups in total. The van der Waals surface area contributed by atoms with E-state index in [0.717, 1.165) is 6.20 Å². The maximum Gasteiger partial charge on any atom is 0.337 e. The Hall–Kier alpha value is -1.51. The van der Waals surface area contributed by atoms with Crippen molar-refractivity contribution in [2.24, 2.45) is 0 Å². The summed E-state index contributed by atoms with van der Waals surface area (Å²) in [5.41, 5.74) is -0.0434. The normalized spacial score (nSPS) is 17.9. The van der Waals surface area contributed by atoms with Gasteiger partial charge in [-0.25, -0.2) is 18.2 Å². The number of carboxylic acid groups (broad SMARTS) is 1.